The summed E-state index contributed by atoms with van der Waals surface area (Å²) in [5.74, 6) is 0.828. The third-order valence-corrected chi connectivity index (χ3v) is 4.05. The van der Waals surface area contributed by atoms with Gasteiger partial charge in [0.1, 0.15) is 5.76 Å². The maximum Gasteiger partial charge on any atom is 0.264 e. The average Bonchev–Trinajstić information content (AvgIpc) is 3.13. The Labute approximate surface area is 123 Å². The molecule has 0 saturated heterocycles. The van der Waals surface area contributed by atoms with Crippen LogP contribution in [0.4, 0.5) is 0 Å². The van der Waals surface area contributed by atoms with E-state index in [2.05, 4.69) is 6.92 Å². The first-order chi connectivity index (χ1) is 9.76. The largest absolute Gasteiger partial charge is 0.467 e. The van der Waals surface area contributed by atoms with Crippen LogP contribution in [-0.2, 0) is 17.7 Å². The van der Waals surface area contributed by atoms with Crippen LogP contribution < -0.4 is 0 Å². The number of furan rings is 1. The molecule has 0 unspecified atom stereocenters. The summed E-state index contributed by atoms with van der Waals surface area (Å²) in [6.45, 7) is 3.59. The van der Waals surface area contributed by atoms with E-state index in [4.69, 9.17) is 9.15 Å². The predicted octanol–water partition coefficient (Wildman–Crippen LogP) is 3.19. The summed E-state index contributed by atoms with van der Waals surface area (Å²) in [6, 6.07) is 5.72. The van der Waals surface area contributed by atoms with Gasteiger partial charge in [-0.2, -0.15) is 0 Å². The molecule has 108 valence electrons. The van der Waals surface area contributed by atoms with Gasteiger partial charge in [0.2, 0.25) is 0 Å². The van der Waals surface area contributed by atoms with Crippen molar-refractivity contribution in [3.05, 3.63) is 46.0 Å². The number of hydrogen-bond acceptors (Lipinski definition) is 4. The monoisotopic (exact) mass is 293 g/mol. The summed E-state index contributed by atoms with van der Waals surface area (Å²) in [6.07, 6.45) is 2.49. The fourth-order valence-corrected chi connectivity index (χ4v) is 2.95. The molecule has 0 aromatic carbocycles. The number of aryl methyl sites for hydroxylation is 1. The lowest BCUT2D eigenvalue weighted by atomic mass is 10.2. The summed E-state index contributed by atoms with van der Waals surface area (Å²) < 4.78 is 10.4. The zero-order valence-electron chi connectivity index (χ0n) is 11.8. The number of methoxy groups -OCH3 is 1. The normalized spacial score (nSPS) is 10.7. The van der Waals surface area contributed by atoms with E-state index in [1.54, 1.807) is 18.3 Å². The molecule has 0 spiro atoms. The molecule has 0 atom stereocenters. The van der Waals surface area contributed by atoms with Crippen LogP contribution in [-0.4, -0.2) is 31.1 Å². The number of rotatable bonds is 7. The number of hydrogen-bond donors (Lipinski definition) is 0. The molecule has 1 amide bonds. The van der Waals surface area contributed by atoms with E-state index in [0.717, 1.165) is 22.6 Å². The van der Waals surface area contributed by atoms with Crippen LogP contribution >= 0.6 is 11.3 Å². The van der Waals surface area contributed by atoms with Crippen molar-refractivity contribution in [1.29, 1.82) is 0 Å². The molecule has 20 heavy (non-hydrogen) atoms. The first-order valence-corrected chi connectivity index (χ1v) is 7.51. The van der Waals surface area contributed by atoms with Gasteiger partial charge in [0.15, 0.2) is 0 Å². The van der Waals surface area contributed by atoms with Crippen molar-refractivity contribution in [3.8, 4) is 0 Å². The third kappa shape index (κ3) is 3.49. The van der Waals surface area contributed by atoms with E-state index in [0.29, 0.717) is 19.7 Å². The molecular formula is C15H19NO3S. The summed E-state index contributed by atoms with van der Waals surface area (Å²) in [5, 5.41) is 1.97. The highest BCUT2D eigenvalue weighted by Gasteiger charge is 2.20. The fraction of sp³-hybridized carbons (Fsp3) is 0.400. The molecule has 0 aliphatic carbocycles. The Morgan fingerprint density at radius 3 is 2.95 bits per heavy atom. The standard InChI is InChI=1S/C15H19NO3S/c1-3-12-6-10-20-14(12)15(17)16(7-9-18-2)11-13-5-4-8-19-13/h4-6,8,10H,3,7,9,11H2,1-2H3. The minimum atomic E-state index is 0.0466. The van der Waals surface area contributed by atoms with Crippen LogP contribution in [0.1, 0.15) is 27.9 Å². The van der Waals surface area contributed by atoms with Crippen LogP contribution in [0.25, 0.3) is 0 Å². The maximum atomic E-state index is 12.7. The molecule has 0 fully saturated rings. The minimum absolute atomic E-state index is 0.0466. The highest BCUT2D eigenvalue weighted by molar-refractivity contribution is 7.12. The molecule has 4 nitrogen and oxygen atoms in total. The third-order valence-electron chi connectivity index (χ3n) is 3.10. The zero-order chi connectivity index (χ0) is 14.4. The number of carbonyl (C=O) groups is 1. The molecule has 2 aromatic rings. The van der Waals surface area contributed by atoms with Crippen LogP contribution in [0.5, 0.6) is 0 Å². The van der Waals surface area contributed by atoms with Gasteiger partial charge in [-0.25, -0.2) is 0 Å². The number of amides is 1. The van der Waals surface area contributed by atoms with Crippen molar-refractivity contribution >= 4 is 17.2 Å². The van der Waals surface area contributed by atoms with Crippen molar-refractivity contribution in [2.75, 3.05) is 20.3 Å². The smallest absolute Gasteiger partial charge is 0.264 e. The Kier molecular flexibility index (Phi) is 5.38. The van der Waals surface area contributed by atoms with Crippen LogP contribution in [0.3, 0.4) is 0 Å². The molecule has 0 N–H and O–H groups in total. The van der Waals surface area contributed by atoms with Gasteiger partial charge in [-0.15, -0.1) is 11.3 Å². The van der Waals surface area contributed by atoms with Gasteiger partial charge in [-0.05, 0) is 35.6 Å². The quantitative estimate of drug-likeness (QED) is 0.787. The first kappa shape index (κ1) is 14.8. The van der Waals surface area contributed by atoms with Gasteiger partial charge in [-0.1, -0.05) is 6.92 Å². The van der Waals surface area contributed by atoms with E-state index < -0.39 is 0 Å². The molecule has 0 radical (unpaired) electrons. The molecule has 0 saturated carbocycles. The highest BCUT2D eigenvalue weighted by Crippen LogP contribution is 2.20. The summed E-state index contributed by atoms with van der Waals surface area (Å²) >= 11 is 1.49. The molecular weight excluding hydrogens is 274 g/mol. The molecule has 2 aromatic heterocycles. The van der Waals surface area contributed by atoms with Gasteiger partial charge in [-0.3, -0.25) is 4.79 Å². The lowest BCUT2D eigenvalue weighted by Crippen LogP contribution is -2.33. The van der Waals surface area contributed by atoms with Crippen molar-refractivity contribution in [3.63, 3.8) is 0 Å². The van der Waals surface area contributed by atoms with E-state index in [1.165, 1.54) is 11.3 Å². The van der Waals surface area contributed by atoms with Gasteiger partial charge in [0.05, 0.1) is 24.3 Å². The molecule has 0 aliphatic heterocycles. The second-order valence-corrected chi connectivity index (χ2v) is 5.34. The van der Waals surface area contributed by atoms with Crippen LogP contribution in [0, 0.1) is 0 Å². The van der Waals surface area contributed by atoms with Crippen molar-refractivity contribution in [2.24, 2.45) is 0 Å². The molecule has 2 rings (SSSR count). The molecule has 0 bridgehead atoms. The van der Waals surface area contributed by atoms with E-state index in [-0.39, 0.29) is 5.91 Å². The van der Waals surface area contributed by atoms with Crippen molar-refractivity contribution in [1.82, 2.24) is 4.90 Å². The van der Waals surface area contributed by atoms with Crippen molar-refractivity contribution < 1.29 is 13.9 Å². The van der Waals surface area contributed by atoms with Crippen LogP contribution in [0.2, 0.25) is 0 Å². The van der Waals surface area contributed by atoms with Gasteiger partial charge < -0.3 is 14.1 Å². The second kappa shape index (κ2) is 7.26. The fourth-order valence-electron chi connectivity index (χ4n) is 1.99. The van der Waals surface area contributed by atoms with E-state index in [1.807, 2.05) is 23.6 Å². The van der Waals surface area contributed by atoms with E-state index in [9.17, 15) is 4.79 Å². The lowest BCUT2D eigenvalue weighted by molar-refractivity contribution is 0.0670. The Morgan fingerprint density at radius 2 is 2.30 bits per heavy atom. The molecule has 2 heterocycles. The van der Waals surface area contributed by atoms with Gasteiger partial charge in [0.25, 0.3) is 5.91 Å². The average molecular weight is 293 g/mol. The Morgan fingerprint density at radius 1 is 1.45 bits per heavy atom. The zero-order valence-corrected chi connectivity index (χ0v) is 12.6. The minimum Gasteiger partial charge on any atom is -0.467 e. The summed E-state index contributed by atoms with van der Waals surface area (Å²) in [4.78, 5) is 15.2. The lowest BCUT2D eigenvalue weighted by Gasteiger charge is -2.21. The molecule has 0 aliphatic rings. The number of ether oxygens (including phenoxy) is 1. The number of thiophene rings is 1. The van der Waals surface area contributed by atoms with E-state index >= 15 is 0 Å². The maximum absolute atomic E-state index is 12.7. The first-order valence-electron chi connectivity index (χ1n) is 6.63. The molecule has 5 heteroatoms. The Balaban J connectivity index is 2.15. The van der Waals surface area contributed by atoms with Gasteiger partial charge in [0, 0.05) is 13.7 Å². The highest BCUT2D eigenvalue weighted by atomic mass is 32.1. The van der Waals surface area contributed by atoms with Crippen LogP contribution in [0.15, 0.2) is 34.3 Å². The number of carbonyl (C=O) groups excluding carboxylic acids is 1. The summed E-state index contributed by atoms with van der Waals surface area (Å²) in [7, 11) is 1.64. The second-order valence-electron chi connectivity index (χ2n) is 4.43. The Bertz CT molecular complexity index is 533. The topological polar surface area (TPSA) is 42.7 Å². The Hall–Kier alpha value is -1.59. The number of nitrogens with zero attached hydrogens (tertiary/aromatic N) is 1. The predicted molar refractivity (Wildman–Crippen MR) is 79.0 cm³/mol. The van der Waals surface area contributed by atoms with Crippen molar-refractivity contribution in [2.45, 2.75) is 19.9 Å². The SMILES string of the molecule is CCc1ccsc1C(=O)N(CCOC)Cc1ccco1. The summed E-state index contributed by atoms with van der Waals surface area (Å²) in [5.41, 5.74) is 1.10. The van der Waals surface area contributed by atoms with Gasteiger partial charge >= 0.3 is 0 Å².